The quantitative estimate of drug-likeness (QED) is 0.443. The molecule has 5 heteroatoms. The zero-order valence-corrected chi connectivity index (χ0v) is 10.4. The van der Waals surface area contributed by atoms with E-state index >= 15 is 0 Å². The van der Waals surface area contributed by atoms with Gasteiger partial charge in [-0.1, -0.05) is 18.0 Å². The van der Waals surface area contributed by atoms with Crippen LogP contribution in [0.4, 0.5) is 0 Å². The van der Waals surface area contributed by atoms with Crippen molar-refractivity contribution in [2.45, 2.75) is 11.3 Å². The Hall–Kier alpha value is -0.0726. The SMILES string of the molecule is CNC(=O)C[CH-]Sc1ccc(Cl)cc1.[Li+]. The molecule has 0 saturated heterocycles. The van der Waals surface area contributed by atoms with Crippen molar-refractivity contribution in [2.24, 2.45) is 0 Å². The van der Waals surface area contributed by atoms with Gasteiger partial charge in [-0.15, -0.1) is 0 Å². The van der Waals surface area contributed by atoms with Crippen molar-refractivity contribution in [3.05, 3.63) is 35.0 Å². The second-order valence-electron chi connectivity index (χ2n) is 2.62. The number of thioether (sulfide) groups is 1. The Bertz CT molecular complexity index is 305. The molecule has 0 radical (unpaired) electrons. The minimum Gasteiger partial charge on any atom is -0.361 e. The summed E-state index contributed by atoms with van der Waals surface area (Å²) < 4.78 is 0. The van der Waals surface area contributed by atoms with Crippen LogP contribution in [0, 0.1) is 5.75 Å². The molecular formula is C10H11ClLiNOS. The number of rotatable bonds is 4. The Morgan fingerprint density at radius 3 is 2.60 bits per heavy atom. The van der Waals surface area contributed by atoms with Crippen molar-refractivity contribution in [1.82, 2.24) is 5.32 Å². The Balaban J connectivity index is 0.00000196. The van der Waals surface area contributed by atoms with Crippen molar-refractivity contribution in [2.75, 3.05) is 7.05 Å². The first-order chi connectivity index (χ1) is 6.72. The van der Waals surface area contributed by atoms with Gasteiger partial charge in [0.1, 0.15) is 0 Å². The Labute approximate surface area is 111 Å². The second-order valence-corrected chi connectivity index (χ2v) is 4.09. The first-order valence-corrected chi connectivity index (χ1v) is 5.42. The summed E-state index contributed by atoms with van der Waals surface area (Å²) in [5.41, 5.74) is 0. The third-order valence-electron chi connectivity index (χ3n) is 1.58. The van der Waals surface area contributed by atoms with E-state index < -0.39 is 0 Å². The summed E-state index contributed by atoms with van der Waals surface area (Å²) in [5, 5.41) is 3.28. The molecule has 1 aromatic rings. The van der Waals surface area contributed by atoms with E-state index in [1.807, 2.05) is 30.0 Å². The van der Waals surface area contributed by atoms with Crippen LogP contribution in [0.25, 0.3) is 0 Å². The Kier molecular flexibility index (Phi) is 8.08. The van der Waals surface area contributed by atoms with Gasteiger partial charge < -0.3 is 17.1 Å². The summed E-state index contributed by atoms with van der Waals surface area (Å²) in [4.78, 5) is 12.0. The average molecular weight is 236 g/mol. The number of hydrogen-bond donors (Lipinski definition) is 1. The molecular weight excluding hydrogens is 225 g/mol. The molecule has 0 atom stereocenters. The Morgan fingerprint density at radius 2 is 2.07 bits per heavy atom. The standard InChI is InChI=1S/C10H11ClNOS.Li/c1-12-10(13)6-7-14-9-4-2-8(11)3-5-9;/h2-5,7H,6H2,1H3,(H,12,13);/q-1;+1. The third-order valence-corrected chi connectivity index (χ3v) is 2.71. The van der Waals surface area contributed by atoms with Crippen molar-refractivity contribution in [3.8, 4) is 0 Å². The minimum absolute atomic E-state index is 0. The van der Waals surface area contributed by atoms with Gasteiger partial charge in [-0.25, -0.2) is 0 Å². The third kappa shape index (κ3) is 6.16. The van der Waals surface area contributed by atoms with E-state index in [-0.39, 0.29) is 24.8 Å². The van der Waals surface area contributed by atoms with Gasteiger partial charge >= 0.3 is 18.9 Å². The van der Waals surface area contributed by atoms with E-state index in [1.165, 1.54) is 11.8 Å². The van der Waals surface area contributed by atoms with Crippen molar-refractivity contribution >= 4 is 29.3 Å². The van der Waals surface area contributed by atoms with E-state index in [0.29, 0.717) is 6.42 Å². The summed E-state index contributed by atoms with van der Waals surface area (Å²) in [6, 6.07) is 7.51. The maximum Gasteiger partial charge on any atom is 1.00 e. The van der Waals surface area contributed by atoms with E-state index in [0.717, 1.165) is 9.92 Å². The molecule has 0 saturated carbocycles. The van der Waals surface area contributed by atoms with Gasteiger partial charge in [0.2, 0.25) is 0 Å². The van der Waals surface area contributed by atoms with Crippen LogP contribution in [0.2, 0.25) is 5.02 Å². The van der Waals surface area contributed by atoms with Crippen molar-refractivity contribution in [1.29, 1.82) is 0 Å². The maximum atomic E-state index is 10.9. The second kappa shape index (κ2) is 8.12. The van der Waals surface area contributed by atoms with Crippen LogP contribution < -0.4 is 24.2 Å². The van der Waals surface area contributed by atoms with E-state index in [1.54, 1.807) is 7.05 Å². The maximum absolute atomic E-state index is 10.9. The molecule has 0 fully saturated rings. The predicted octanol–water partition coefficient (Wildman–Crippen LogP) is -0.266. The van der Waals surface area contributed by atoms with E-state index in [4.69, 9.17) is 11.6 Å². The molecule has 0 spiro atoms. The largest absolute Gasteiger partial charge is 1.00 e. The summed E-state index contributed by atoms with van der Waals surface area (Å²) >= 11 is 7.26. The molecule has 15 heavy (non-hydrogen) atoms. The molecule has 1 N–H and O–H groups in total. The topological polar surface area (TPSA) is 29.1 Å². The summed E-state index contributed by atoms with van der Waals surface area (Å²) in [6.07, 6.45) is 0.420. The smallest absolute Gasteiger partial charge is 0.361 e. The van der Waals surface area contributed by atoms with Gasteiger partial charge in [-0.05, 0) is 29.2 Å². The number of carbonyl (C=O) groups is 1. The van der Waals surface area contributed by atoms with Crippen LogP contribution in [0.3, 0.4) is 0 Å². The number of nitrogens with one attached hydrogen (secondary N) is 1. The van der Waals surface area contributed by atoms with Gasteiger partial charge in [0.25, 0.3) is 0 Å². The fourth-order valence-electron chi connectivity index (χ4n) is 0.829. The van der Waals surface area contributed by atoms with E-state index in [9.17, 15) is 4.79 Å². The molecule has 76 valence electrons. The van der Waals surface area contributed by atoms with Gasteiger partial charge in [-0.3, -0.25) is 10.5 Å². The summed E-state index contributed by atoms with van der Waals surface area (Å²) in [6.45, 7) is 0. The first-order valence-electron chi connectivity index (χ1n) is 4.17. The molecule has 0 aromatic heterocycles. The fourth-order valence-corrected chi connectivity index (χ4v) is 1.68. The summed E-state index contributed by atoms with van der Waals surface area (Å²) in [5.74, 6) is 1.88. The Morgan fingerprint density at radius 1 is 1.47 bits per heavy atom. The van der Waals surface area contributed by atoms with Crippen LogP contribution >= 0.6 is 23.4 Å². The summed E-state index contributed by atoms with van der Waals surface area (Å²) in [7, 11) is 1.63. The molecule has 2 nitrogen and oxygen atoms in total. The number of benzene rings is 1. The van der Waals surface area contributed by atoms with Crippen LogP contribution in [-0.2, 0) is 4.79 Å². The number of hydrogen-bond acceptors (Lipinski definition) is 2. The molecule has 1 amide bonds. The number of halogens is 1. The monoisotopic (exact) mass is 235 g/mol. The average Bonchev–Trinajstić information content (AvgIpc) is 2.21. The van der Waals surface area contributed by atoms with Crippen molar-refractivity contribution in [3.63, 3.8) is 0 Å². The van der Waals surface area contributed by atoms with Crippen LogP contribution in [0.1, 0.15) is 6.42 Å². The number of carbonyl (C=O) groups excluding carboxylic acids is 1. The van der Waals surface area contributed by atoms with Gasteiger partial charge in [-0.2, -0.15) is 0 Å². The normalized spacial score (nSPS) is 9.20. The first kappa shape index (κ1) is 14.9. The minimum atomic E-state index is 0. The number of amides is 1. The van der Waals surface area contributed by atoms with Gasteiger partial charge in [0.05, 0.1) is 0 Å². The molecule has 1 aromatic carbocycles. The molecule has 0 aliphatic carbocycles. The zero-order chi connectivity index (χ0) is 10.4. The fraction of sp³-hybridized carbons (Fsp3) is 0.200. The van der Waals surface area contributed by atoms with Crippen LogP contribution in [0.5, 0.6) is 0 Å². The molecule has 0 aliphatic heterocycles. The molecule has 1 rings (SSSR count). The molecule has 0 aliphatic rings. The zero-order valence-electron chi connectivity index (χ0n) is 8.79. The molecule has 0 bridgehead atoms. The predicted molar refractivity (Wildman–Crippen MR) is 60.3 cm³/mol. The van der Waals surface area contributed by atoms with Crippen LogP contribution in [-0.4, -0.2) is 13.0 Å². The van der Waals surface area contributed by atoms with Gasteiger partial charge in [0.15, 0.2) is 5.91 Å². The van der Waals surface area contributed by atoms with Gasteiger partial charge in [0, 0.05) is 12.1 Å². The van der Waals surface area contributed by atoms with Crippen molar-refractivity contribution < 1.29 is 23.7 Å². The molecule has 0 unspecified atom stereocenters. The molecule has 0 heterocycles. The van der Waals surface area contributed by atoms with E-state index in [2.05, 4.69) is 5.32 Å². The van der Waals surface area contributed by atoms with Crippen LogP contribution in [0.15, 0.2) is 29.2 Å².